The predicted molar refractivity (Wildman–Crippen MR) is 48.6 cm³/mol. The van der Waals surface area contributed by atoms with E-state index in [-0.39, 0.29) is 17.8 Å². The number of aliphatic hydroxyl groups excluding tert-OH is 1. The Morgan fingerprint density at radius 3 is 3.00 bits per heavy atom. The predicted octanol–water partition coefficient (Wildman–Crippen LogP) is 0.0266. The molecule has 0 radical (unpaired) electrons. The topological polar surface area (TPSA) is 41.5 Å². The third-order valence-electron chi connectivity index (χ3n) is 3.09. The molecule has 0 aromatic heterocycles. The van der Waals surface area contributed by atoms with Crippen LogP contribution in [0.4, 0.5) is 0 Å². The van der Waals surface area contributed by atoms with E-state index < -0.39 is 0 Å². The summed E-state index contributed by atoms with van der Waals surface area (Å²) in [5.41, 5.74) is 0.273. The summed E-state index contributed by atoms with van der Waals surface area (Å²) in [5.74, 6) is 0.421. The number of ether oxygens (including phenoxy) is 1. The Bertz CT molecular complexity index is 142. The number of hydrogen-bond donors (Lipinski definition) is 2. The molecule has 2 rings (SSSR count). The summed E-state index contributed by atoms with van der Waals surface area (Å²) < 4.78 is 5.36. The van der Waals surface area contributed by atoms with Crippen LogP contribution in [0.1, 0.15) is 6.42 Å². The molecule has 2 aliphatic rings. The molecule has 2 saturated heterocycles. The van der Waals surface area contributed by atoms with Crippen molar-refractivity contribution >= 4 is 12.4 Å². The third kappa shape index (κ3) is 1.46. The van der Waals surface area contributed by atoms with E-state index in [1.807, 2.05) is 0 Å². The van der Waals surface area contributed by atoms with E-state index in [0.717, 1.165) is 32.7 Å². The third-order valence-corrected chi connectivity index (χ3v) is 3.09. The van der Waals surface area contributed by atoms with Gasteiger partial charge in [-0.2, -0.15) is 0 Å². The number of nitrogens with one attached hydrogen (secondary N) is 1. The molecule has 2 fully saturated rings. The highest BCUT2D eigenvalue weighted by atomic mass is 35.5. The molecular weight excluding hydrogens is 178 g/mol. The first-order chi connectivity index (χ1) is 5.37. The van der Waals surface area contributed by atoms with Crippen LogP contribution >= 0.6 is 12.4 Å². The number of aliphatic hydroxyl groups is 1. The Hall–Kier alpha value is 0.170. The van der Waals surface area contributed by atoms with E-state index in [2.05, 4.69) is 5.32 Å². The molecule has 2 heterocycles. The molecule has 2 N–H and O–H groups in total. The van der Waals surface area contributed by atoms with Crippen LogP contribution in [0.5, 0.6) is 0 Å². The number of halogens is 1. The van der Waals surface area contributed by atoms with Crippen LogP contribution in [-0.2, 0) is 4.74 Å². The minimum Gasteiger partial charge on any atom is -0.396 e. The van der Waals surface area contributed by atoms with Gasteiger partial charge in [-0.15, -0.1) is 12.4 Å². The molecule has 0 saturated carbocycles. The van der Waals surface area contributed by atoms with Crippen molar-refractivity contribution in [1.29, 1.82) is 0 Å². The Kier molecular flexibility index (Phi) is 3.35. The summed E-state index contributed by atoms with van der Waals surface area (Å²) in [6, 6.07) is 0. The van der Waals surface area contributed by atoms with Crippen molar-refractivity contribution in [1.82, 2.24) is 5.32 Å². The zero-order valence-corrected chi connectivity index (χ0v) is 7.90. The molecule has 0 amide bonds. The lowest BCUT2D eigenvalue weighted by atomic mass is 9.78. The molecule has 0 aliphatic carbocycles. The maximum absolute atomic E-state index is 9.10. The summed E-state index contributed by atoms with van der Waals surface area (Å²) in [6.45, 7) is 4.00. The second kappa shape index (κ2) is 3.92. The minimum atomic E-state index is 0. The van der Waals surface area contributed by atoms with Gasteiger partial charge in [0.2, 0.25) is 0 Å². The van der Waals surface area contributed by atoms with Gasteiger partial charge in [-0.1, -0.05) is 0 Å². The van der Waals surface area contributed by atoms with Crippen molar-refractivity contribution in [3.63, 3.8) is 0 Å². The standard InChI is InChI=1S/C8H15NO2.ClH/c10-4-7-3-9-5-8(7)1-2-11-6-8;/h7,9-10H,1-6H2;1H. The fourth-order valence-electron chi connectivity index (χ4n) is 2.20. The van der Waals surface area contributed by atoms with Gasteiger partial charge in [0.05, 0.1) is 6.61 Å². The van der Waals surface area contributed by atoms with Gasteiger partial charge in [-0.05, 0) is 6.42 Å². The molecule has 4 heteroatoms. The summed E-state index contributed by atoms with van der Waals surface area (Å²) in [5, 5.41) is 12.4. The van der Waals surface area contributed by atoms with Crippen LogP contribution in [0, 0.1) is 11.3 Å². The van der Waals surface area contributed by atoms with Crippen molar-refractivity contribution in [2.75, 3.05) is 32.9 Å². The van der Waals surface area contributed by atoms with Crippen molar-refractivity contribution in [2.24, 2.45) is 11.3 Å². The second-order valence-corrected chi connectivity index (χ2v) is 3.68. The van der Waals surface area contributed by atoms with Crippen LogP contribution in [0.25, 0.3) is 0 Å². The van der Waals surface area contributed by atoms with Gasteiger partial charge < -0.3 is 15.2 Å². The Morgan fingerprint density at radius 2 is 2.42 bits per heavy atom. The molecule has 2 unspecified atom stereocenters. The van der Waals surface area contributed by atoms with Crippen molar-refractivity contribution in [3.8, 4) is 0 Å². The van der Waals surface area contributed by atoms with Crippen LogP contribution < -0.4 is 5.32 Å². The summed E-state index contributed by atoms with van der Waals surface area (Å²) in [6.07, 6.45) is 1.12. The minimum absolute atomic E-state index is 0. The molecular formula is C8H16ClNO2. The van der Waals surface area contributed by atoms with Crippen molar-refractivity contribution in [2.45, 2.75) is 6.42 Å². The first-order valence-corrected chi connectivity index (χ1v) is 4.27. The maximum atomic E-state index is 9.10. The largest absolute Gasteiger partial charge is 0.396 e. The fraction of sp³-hybridized carbons (Fsp3) is 1.00. The summed E-state index contributed by atoms with van der Waals surface area (Å²) in [7, 11) is 0. The summed E-state index contributed by atoms with van der Waals surface area (Å²) >= 11 is 0. The first-order valence-electron chi connectivity index (χ1n) is 4.27. The molecule has 0 aromatic carbocycles. The second-order valence-electron chi connectivity index (χ2n) is 3.68. The van der Waals surface area contributed by atoms with Gasteiger partial charge in [0.1, 0.15) is 0 Å². The van der Waals surface area contributed by atoms with Crippen LogP contribution in [0.15, 0.2) is 0 Å². The van der Waals surface area contributed by atoms with Crippen LogP contribution in [0.3, 0.4) is 0 Å². The van der Waals surface area contributed by atoms with E-state index >= 15 is 0 Å². The molecule has 72 valence electrons. The van der Waals surface area contributed by atoms with E-state index in [4.69, 9.17) is 9.84 Å². The Balaban J connectivity index is 0.000000720. The quantitative estimate of drug-likeness (QED) is 0.618. The average Bonchev–Trinajstić information content (AvgIpc) is 2.62. The van der Waals surface area contributed by atoms with Gasteiger partial charge >= 0.3 is 0 Å². The zero-order chi connectivity index (χ0) is 7.73. The van der Waals surface area contributed by atoms with Gasteiger partial charge in [0.15, 0.2) is 0 Å². The van der Waals surface area contributed by atoms with Gasteiger partial charge in [0, 0.05) is 37.6 Å². The van der Waals surface area contributed by atoms with Crippen molar-refractivity contribution < 1.29 is 9.84 Å². The number of hydrogen-bond acceptors (Lipinski definition) is 3. The zero-order valence-electron chi connectivity index (χ0n) is 7.08. The van der Waals surface area contributed by atoms with E-state index in [1.165, 1.54) is 0 Å². The molecule has 0 bridgehead atoms. The normalized spacial score (nSPS) is 40.2. The average molecular weight is 194 g/mol. The Labute approximate surface area is 78.9 Å². The lowest BCUT2D eigenvalue weighted by Gasteiger charge is -2.26. The number of rotatable bonds is 1. The molecule has 3 nitrogen and oxygen atoms in total. The van der Waals surface area contributed by atoms with E-state index in [1.54, 1.807) is 0 Å². The molecule has 2 aliphatic heterocycles. The highest BCUT2D eigenvalue weighted by molar-refractivity contribution is 5.85. The van der Waals surface area contributed by atoms with E-state index in [0.29, 0.717) is 12.5 Å². The van der Waals surface area contributed by atoms with Gasteiger partial charge in [0.25, 0.3) is 0 Å². The SMILES string of the molecule is Cl.OCC1CNCC12CCOC2. The van der Waals surface area contributed by atoms with E-state index in [9.17, 15) is 0 Å². The maximum Gasteiger partial charge on any atom is 0.0539 e. The lowest BCUT2D eigenvalue weighted by Crippen LogP contribution is -2.32. The monoisotopic (exact) mass is 193 g/mol. The molecule has 2 atom stereocenters. The highest BCUT2D eigenvalue weighted by Crippen LogP contribution is 2.38. The summed E-state index contributed by atoms with van der Waals surface area (Å²) in [4.78, 5) is 0. The fourth-order valence-corrected chi connectivity index (χ4v) is 2.20. The van der Waals surface area contributed by atoms with Gasteiger partial charge in [-0.25, -0.2) is 0 Å². The van der Waals surface area contributed by atoms with Gasteiger partial charge in [-0.3, -0.25) is 0 Å². The molecule has 12 heavy (non-hydrogen) atoms. The highest BCUT2D eigenvalue weighted by Gasteiger charge is 2.45. The van der Waals surface area contributed by atoms with Crippen LogP contribution in [0.2, 0.25) is 0 Å². The first kappa shape index (κ1) is 10.3. The Morgan fingerprint density at radius 1 is 1.58 bits per heavy atom. The smallest absolute Gasteiger partial charge is 0.0539 e. The molecule has 1 spiro atoms. The lowest BCUT2D eigenvalue weighted by molar-refractivity contribution is 0.101. The molecule has 0 aromatic rings. The van der Waals surface area contributed by atoms with Crippen LogP contribution in [-0.4, -0.2) is 38.0 Å². The van der Waals surface area contributed by atoms with Crippen molar-refractivity contribution in [3.05, 3.63) is 0 Å².